The van der Waals surface area contributed by atoms with Gasteiger partial charge in [0.2, 0.25) is 0 Å². The first kappa shape index (κ1) is 10.5. The highest BCUT2D eigenvalue weighted by Crippen LogP contribution is 2.24. The molecule has 1 unspecified atom stereocenters. The summed E-state index contributed by atoms with van der Waals surface area (Å²) in [6, 6.07) is 0. The minimum Gasteiger partial charge on any atom is -0.347 e. The third-order valence-corrected chi connectivity index (χ3v) is 3.33. The lowest BCUT2D eigenvalue weighted by Crippen LogP contribution is -2.26. The molecule has 1 atom stereocenters. The third-order valence-electron chi connectivity index (χ3n) is 3.33. The highest BCUT2D eigenvalue weighted by atomic mass is 15.1. The number of nitrogens with zero attached hydrogens (tertiary/aromatic N) is 3. The lowest BCUT2D eigenvalue weighted by atomic mass is 9.99. The minimum atomic E-state index is 0.543. The molecule has 0 amide bonds. The van der Waals surface area contributed by atoms with E-state index in [2.05, 4.69) is 31.0 Å². The zero-order chi connectivity index (χ0) is 11.5. The van der Waals surface area contributed by atoms with Crippen LogP contribution in [-0.2, 0) is 13.1 Å². The van der Waals surface area contributed by atoms with Gasteiger partial charge in [0, 0.05) is 49.8 Å². The van der Waals surface area contributed by atoms with Crippen LogP contribution in [0.3, 0.4) is 0 Å². The first-order chi connectivity index (χ1) is 8.43. The Morgan fingerprint density at radius 2 is 2.53 bits per heavy atom. The molecule has 0 radical (unpaired) electrons. The van der Waals surface area contributed by atoms with Crippen molar-refractivity contribution < 1.29 is 0 Å². The van der Waals surface area contributed by atoms with Crippen molar-refractivity contribution >= 4 is 0 Å². The molecule has 0 aromatic carbocycles. The fourth-order valence-electron chi connectivity index (χ4n) is 2.46. The third kappa shape index (κ3) is 2.24. The van der Waals surface area contributed by atoms with E-state index in [0.29, 0.717) is 5.92 Å². The average molecular weight is 231 g/mol. The number of hydrogen-bond acceptors (Lipinski definition) is 3. The fraction of sp³-hybridized carbons (Fsp3) is 0.500. The van der Waals surface area contributed by atoms with Crippen LogP contribution in [0.15, 0.2) is 24.9 Å². The largest absolute Gasteiger partial charge is 0.347 e. The van der Waals surface area contributed by atoms with Crippen LogP contribution in [0.25, 0.3) is 0 Å². The Bertz CT molecular complexity index is 459. The molecule has 5 nitrogen and oxygen atoms in total. The van der Waals surface area contributed by atoms with Crippen molar-refractivity contribution in [2.24, 2.45) is 0 Å². The molecular formula is C12H17N5. The highest BCUT2D eigenvalue weighted by molar-refractivity contribution is 5.04. The maximum absolute atomic E-state index is 4.46. The molecule has 0 spiro atoms. The van der Waals surface area contributed by atoms with E-state index in [1.165, 1.54) is 18.7 Å². The first-order valence-electron chi connectivity index (χ1n) is 6.12. The number of aromatic nitrogens is 4. The summed E-state index contributed by atoms with van der Waals surface area (Å²) in [4.78, 5) is 11.6. The number of aryl methyl sites for hydroxylation is 1. The lowest BCUT2D eigenvalue weighted by molar-refractivity contribution is 0.422. The Hall–Kier alpha value is -1.62. The number of imidazole rings is 2. The molecule has 90 valence electrons. The highest BCUT2D eigenvalue weighted by Gasteiger charge is 2.20. The van der Waals surface area contributed by atoms with Crippen molar-refractivity contribution in [3.05, 3.63) is 36.4 Å². The summed E-state index contributed by atoms with van der Waals surface area (Å²) in [6.45, 7) is 2.94. The van der Waals surface area contributed by atoms with Gasteiger partial charge in [0.25, 0.3) is 0 Å². The number of hydrogen-bond donors (Lipinski definition) is 2. The Balaban J connectivity index is 1.57. The van der Waals surface area contributed by atoms with E-state index in [1.807, 2.05) is 12.4 Å². The van der Waals surface area contributed by atoms with E-state index in [0.717, 1.165) is 25.3 Å². The molecule has 0 fully saturated rings. The van der Waals surface area contributed by atoms with Crippen LogP contribution in [0, 0.1) is 0 Å². The SMILES string of the molecule is c1cn2c(n1)C(CNCc1cnc[nH]1)CCC2. The number of fused-ring (bicyclic) bond motifs is 1. The van der Waals surface area contributed by atoms with Gasteiger partial charge in [-0.05, 0) is 12.8 Å². The van der Waals surface area contributed by atoms with E-state index in [1.54, 1.807) is 6.33 Å². The Kier molecular flexibility index (Phi) is 2.92. The molecule has 3 rings (SSSR count). The Labute approximate surface area is 100 Å². The maximum atomic E-state index is 4.46. The van der Waals surface area contributed by atoms with Crippen LogP contribution < -0.4 is 5.32 Å². The van der Waals surface area contributed by atoms with Crippen LogP contribution in [0.2, 0.25) is 0 Å². The number of nitrogens with one attached hydrogen (secondary N) is 2. The van der Waals surface area contributed by atoms with Crippen molar-refractivity contribution in [2.45, 2.75) is 31.8 Å². The maximum Gasteiger partial charge on any atom is 0.113 e. The van der Waals surface area contributed by atoms with E-state index < -0.39 is 0 Å². The van der Waals surface area contributed by atoms with Crippen molar-refractivity contribution in [3.63, 3.8) is 0 Å². The van der Waals surface area contributed by atoms with Crippen LogP contribution in [0.1, 0.15) is 30.3 Å². The van der Waals surface area contributed by atoms with Crippen LogP contribution in [0.4, 0.5) is 0 Å². The molecule has 0 bridgehead atoms. The predicted octanol–water partition coefficient (Wildman–Crippen LogP) is 1.27. The molecule has 0 saturated heterocycles. The van der Waals surface area contributed by atoms with Crippen molar-refractivity contribution in [3.8, 4) is 0 Å². The smallest absolute Gasteiger partial charge is 0.113 e. The topological polar surface area (TPSA) is 58.5 Å². The second-order valence-corrected chi connectivity index (χ2v) is 4.53. The number of rotatable bonds is 4. The van der Waals surface area contributed by atoms with E-state index in [9.17, 15) is 0 Å². The van der Waals surface area contributed by atoms with Crippen LogP contribution >= 0.6 is 0 Å². The summed E-state index contributed by atoms with van der Waals surface area (Å²) in [5, 5.41) is 3.46. The normalized spacial score (nSPS) is 19.2. The van der Waals surface area contributed by atoms with Crippen LogP contribution in [0.5, 0.6) is 0 Å². The molecule has 1 aliphatic rings. The van der Waals surface area contributed by atoms with Crippen molar-refractivity contribution in [1.29, 1.82) is 0 Å². The number of H-pyrrole nitrogens is 1. The predicted molar refractivity (Wildman–Crippen MR) is 64.5 cm³/mol. The molecule has 17 heavy (non-hydrogen) atoms. The molecule has 2 aromatic heterocycles. The molecule has 2 N–H and O–H groups in total. The molecule has 2 aromatic rings. The van der Waals surface area contributed by atoms with Crippen molar-refractivity contribution in [1.82, 2.24) is 24.8 Å². The standard InChI is InChI=1S/C12H17N5/c1-2-10(12-15-3-5-17(12)4-1)6-13-7-11-8-14-9-16-11/h3,5,8-10,13H,1-2,4,6-7H2,(H,14,16). The summed E-state index contributed by atoms with van der Waals surface area (Å²) in [7, 11) is 0. The van der Waals surface area contributed by atoms with E-state index in [4.69, 9.17) is 0 Å². The summed E-state index contributed by atoms with van der Waals surface area (Å²) in [5.74, 6) is 1.77. The van der Waals surface area contributed by atoms with Gasteiger partial charge in [0.05, 0.1) is 6.33 Å². The first-order valence-corrected chi connectivity index (χ1v) is 6.12. The van der Waals surface area contributed by atoms with E-state index >= 15 is 0 Å². The zero-order valence-electron chi connectivity index (χ0n) is 9.76. The van der Waals surface area contributed by atoms with Crippen molar-refractivity contribution in [2.75, 3.05) is 6.54 Å². The number of aromatic amines is 1. The van der Waals surface area contributed by atoms with Gasteiger partial charge in [-0.15, -0.1) is 0 Å². The molecular weight excluding hydrogens is 214 g/mol. The summed E-state index contributed by atoms with van der Waals surface area (Å²) in [6.07, 6.45) is 10.0. The van der Waals surface area contributed by atoms with Gasteiger partial charge in [-0.3, -0.25) is 0 Å². The quantitative estimate of drug-likeness (QED) is 0.833. The fourth-order valence-corrected chi connectivity index (χ4v) is 2.46. The average Bonchev–Trinajstić information content (AvgIpc) is 2.99. The van der Waals surface area contributed by atoms with E-state index in [-0.39, 0.29) is 0 Å². The second-order valence-electron chi connectivity index (χ2n) is 4.53. The minimum absolute atomic E-state index is 0.543. The Morgan fingerprint density at radius 3 is 3.41 bits per heavy atom. The van der Waals surface area contributed by atoms with Gasteiger partial charge in [-0.25, -0.2) is 9.97 Å². The van der Waals surface area contributed by atoms with Gasteiger partial charge in [-0.2, -0.15) is 0 Å². The summed E-state index contributed by atoms with van der Waals surface area (Å²) in [5.41, 5.74) is 1.13. The second kappa shape index (κ2) is 4.71. The molecule has 3 heterocycles. The van der Waals surface area contributed by atoms with Gasteiger partial charge < -0.3 is 14.9 Å². The zero-order valence-corrected chi connectivity index (χ0v) is 9.76. The molecule has 5 heteroatoms. The lowest BCUT2D eigenvalue weighted by Gasteiger charge is -2.23. The Morgan fingerprint density at radius 1 is 1.53 bits per heavy atom. The van der Waals surface area contributed by atoms with Gasteiger partial charge in [0.15, 0.2) is 0 Å². The summed E-state index contributed by atoms with van der Waals surface area (Å²) < 4.78 is 2.27. The van der Waals surface area contributed by atoms with Gasteiger partial charge in [-0.1, -0.05) is 0 Å². The van der Waals surface area contributed by atoms with Gasteiger partial charge in [0.1, 0.15) is 5.82 Å². The molecule has 1 aliphatic heterocycles. The summed E-state index contributed by atoms with van der Waals surface area (Å²) >= 11 is 0. The monoisotopic (exact) mass is 231 g/mol. The molecule has 0 saturated carbocycles. The van der Waals surface area contributed by atoms with Crippen LogP contribution in [-0.4, -0.2) is 26.1 Å². The molecule has 0 aliphatic carbocycles. The van der Waals surface area contributed by atoms with Gasteiger partial charge >= 0.3 is 0 Å².